The van der Waals surface area contributed by atoms with Gasteiger partial charge in [-0.3, -0.25) is 0 Å². The molecule has 0 aliphatic rings. The molecule has 18 heavy (non-hydrogen) atoms. The van der Waals surface area contributed by atoms with Crippen molar-refractivity contribution in [3.63, 3.8) is 0 Å². The minimum Gasteiger partial charge on any atom is -0.400 e. The average molecular weight is 344 g/mol. The van der Waals surface area contributed by atoms with Gasteiger partial charge in [-0.25, -0.2) is 0 Å². The molecule has 0 amide bonds. The van der Waals surface area contributed by atoms with Gasteiger partial charge in [-0.05, 0) is 0 Å². The Balaban J connectivity index is -0.0000000109. The van der Waals surface area contributed by atoms with Crippen molar-refractivity contribution in [1.82, 2.24) is 0 Å². The lowest BCUT2D eigenvalue weighted by molar-refractivity contribution is 0.399. The molecule has 0 aromatic rings. The van der Waals surface area contributed by atoms with E-state index in [1.54, 1.807) is 0 Å². The van der Waals surface area contributed by atoms with Gasteiger partial charge in [-0.1, -0.05) is 34.8 Å². The first-order chi connectivity index (χ1) is 8.73. The Morgan fingerprint density at radius 3 is 0.389 bits per heavy atom. The highest BCUT2D eigenvalue weighted by Gasteiger charge is 1.78. The summed E-state index contributed by atoms with van der Waals surface area (Å²) in [5.74, 6) is 0. The zero-order valence-corrected chi connectivity index (χ0v) is 14.1. The third kappa shape index (κ3) is 11600. The third-order valence-corrected chi connectivity index (χ3v) is 0. The molecule has 0 rings (SSSR count). The van der Waals surface area contributed by atoms with Gasteiger partial charge in [0.05, 0.1) is 0 Å². The maximum Gasteiger partial charge on any atom is 0.180 e. The first kappa shape index (κ1) is 51.3. The quantitative estimate of drug-likeness (QED) is 0.287. The van der Waals surface area contributed by atoms with E-state index in [1.165, 1.54) is 0 Å². The molecule has 0 heterocycles. The molecule has 7 nitrogen and oxygen atoms in total. The van der Waals surface area contributed by atoms with Gasteiger partial charge in [0.1, 0.15) is 0 Å². The van der Waals surface area contributed by atoms with Crippen molar-refractivity contribution in [3.8, 4) is 0 Å². The molecule has 0 saturated heterocycles. The van der Waals surface area contributed by atoms with Crippen LogP contribution in [0.1, 0.15) is 0 Å². The van der Waals surface area contributed by atoms with Crippen molar-refractivity contribution in [3.05, 3.63) is 0 Å². The van der Waals surface area contributed by atoms with Gasteiger partial charge >= 0.3 is 0 Å². The average Bonchev–Trinajstić information content (AvgIpc) is 2.52. The van der Waals surface area contributed by atoms with Crippen molar-refractivity contribution in [2.24, 2.45) is 0 Å². The lowest BCUT2D eigenvalue weighted by Gasteiger charge is -1.69. The molecular formula is C8H29Cl3O7. The van der Waals surface area contributed by atoms with E-state index in [0.717, 1.165) is 49.8 Å². The highest BCUT2D eigenvalue weighted by Crippen LogP contribution is 2.03. The second-order valence-corrected chi connectivity index (χ2v) is 2.23. The third-order valence-electron chi connectivity index (χ3n) is 0. The Kier molecular flexibility index (Phi) is 1070. The Labute approximate surface area is 125 Å². The van der Waals surface area contributed by atoms with Gasteiger partial charge in [0.2, 0.25) is 0 Å². The van der Waals surface area contributed by atoms with E-state index >= 15 is 0 Å². The lowest BCUT2D eigenvalue weighted by atomic mass is 11.8. The van der Waals surface area contributed by atoms with Gasteiger partial charge in [-0.15, -0.1) is 0 Å². The van der Waals surface area contributed by atoms with Crippen LogP contribution in [0.2, 0.25) is 0 Å². The van der Waals surface area contributed by atoms with Crippen molar-refractivity contribution >= 4 is 34.8 Å². The fourth-order valence-corrected chi connectivity index (χ4v) is 0. The first-order valence-electron chi connectivity index (χ1n) is 3.79. The van der Waals surface area contributed by atoms with Crippen LogP contribution in [0.3, 0.4) is 0 Å². The van der Waals surface area contributed by atoms with Crippen molar-refractivity contribution in [2.75, 3.05) is 49.8 Å². The largest absolute Gasteiger partial charge is 0.400 e. The van der Waals surface area contributed by atoms with E-state index in [2.05, 4.69) is 0 Å². The Hall–Kier alpha value is 0.590. The summed E-state index contributed by atoms with van der Waals surface area (Å²) in [6.07, 6.45) is 0. The molecule has 0 aromatic carbocycles. The number of hydrogen-bond donors (Lipinski definition) is 7. The van der Waals surface area contributed by atoms with Crippen molar-refractivity contribution in [2.45, 2.75) is 4.30 Å². The Morgan fingerprint density at radius 1 is 0.389 bits per heavy atom. The topological polar surface area (TPSA) is 142 Å². The van der Waals surface area contributed by atoms with Crippen LogP contribution in [0.25, 0.3) is 0 Å². The minimum absolute atomic E-state index is 0.750. The number of aliphatic hydroxyl groups excluding tert-OH is 7. The van der Waals surface area contributed by atoms with E-state index in [-0.39, 0.29) is 0 Å². The molecule has 0 atom stereocenters. The molecule has 7 N–H and O–H groups in total. The summed E-state index contributed by atoms with van der Waals surface area (Å²) < 4.78 is -0.750. The summed E-state index contributed by atoms with van der Waals surface area (Å²) in [4.78, 5) is 0. The van der Waals surface area contributed by atoms with Gasteiger partial charge < -0.3 is 35.7 Å². The van der Waals surface area contributed by atoms with Crippen LogP contribution in [0.4, 0.5) is 0 Å². The molecule has 0 unspecified atom stereocenters. The number of aliphatic hydroxyl groups is 7. The van der Waals surface area contributed by atoms with E-state index in [9.17, 15) is 0 Å². The molecular weight excluding hydrogens is 314 g/mol. The Morgan fingerprint density at radius 2 is 0.389 bits per heavy atom. The van der Waals surface area contributed by atoms with Crippen LogP contribution in [0.15, 0.2) is 0 Å². The van der Waals surface area contributed by atoms with Crippen molar-refractivity contribution < 1.29 is 35.7 Å². The van der Waals surface area contributed by atoms with Gasteiger partial charge in [0.25, 0.3) is 0 Å². The second kappa shape index (κ2) is 376. The fraction of sp³-hybridized carbons (Fsp3) is 1.00. The highest BCUT2D eigenvalue weighted by atomic mass is 35.6. The Bertz CT molecular complexity index is 31.4. The summed E-state index contributed by atoms with van der Waals surface area (Å²) in [6.45, 7) is 0. The van der Waals surface area contributed by atoms with E-state index in [0.29, 0.717) is 0 Å². The van der Waals surface area contributed by atoms with E-state index in [4.69, 9.17) is 70.5 Å². The summed E-state index contributed by atoms with van der Waals surface area (Å²) in [7, 11) is 7.00. The molecule has 0 aromatic heterocycles. The number of alkyl halides is 3. The number of rotatable bonds is 0. The summed E-state index contributed by atoms with van der Waals surface area (Å²) in [5.41, 5.74) is 0. The normalized spacial score (nSPS) is 4.33. The SMILES string of the molecule is CO.CO.CO.CO.CO.CO.CO.ClC(Cl)Cl. The molecule has 0 fully saturated rings. The van der Waals surface area contributed by atoms with Gasteiger partial charge in [-0.2, -0.15) is 0 Å². The molecule has 0 bridgehead atoms. The predicted octanol–water partition coefficient (Wildman–Crippen LogP) is -0.754. The molecule has 0 aliphatic heterocycles. The smallest absolute Gasteiger partial charge is 0.180 e. The van der Waals surface area contributed by atoms with Crippen molar-refractivity contribution in [1.29, 1.82) is 0 Å². The van der Waals surface area contributed by atoms with E-state index in [1.807, 2.05) is 0 Å². The number of halogens is 3. The van der Waals surface area contributed by atoms with Crippen LogP contribution >= 0.6 is 34.8 Å². The summed E-state index contributed by atoms with van der Waals surface area (Å²) in [5, 5.41) is 49.0. The van der Waals surface area contributed by atoms with Crippen LogP contribution in [-0.4, -0.2) is 89.8 Å². The maximum atomic E-state index is 7.00. The second-order valence-electron chi connectivity index (χ2n) is 0.247. The summed E-state index contributed by atoms with van der Waals surface area (Å²) >= 11 is 14.4. The molecule has 0 spiro atoms. The lowest BCUT2D eigenvalue weighted by Crippen LogP contribution is -1.55. The molecule has 124 valence electrons. The van der Waals surface area contributed by atoms with Crippen LogP contribution in [0.5, 0.6) is 0 Å². The molecule has 10 heteroatoms. The molecule has 0 aliphatic carbocycles. The zero-order valence-electron chi connectivity index (χ0n) is 11.8. The van der Waals surface area contributed by atoms with Crippen LogP contribution < -0.4 is 0 Å². The zero-order chi connectivity index (χ0) is 17.6. The molecule has 0 radical (unpaired) electrons. The first-order valence-corrected chi connectivity index (χ1v) is 5.09. The maximum absolute atomic E-state index is 7.00. The monoisotopic (exact) mass is 342 g/mol. The predicted molar refractivity (Wildman–Crippen MR) is 78.3 cm³/mol. The fourth-order valence-electron chi connectivity index (χ4n) is 0. The van der Waals surface area contributed by atoms with Crippen LogP contribution in [0, 0.1) is 0 Å². The molecule has 0 saturated carbocycles. The van der Waals surface area contributed by atoms with Gasteiger partial charge in [0.15, 0.2) is 4.30 Å². The highest BCUT2D eigenvalue weighted by molar-refractivity contribution is 6.63. The summed E-state index contributed by atoms with van der Waals surface area (Å²) in [6, 6.07) is 0. The van der Waals surface area contributed by atoms with Crippen LogP contribution in [-0.2, 0) is 0 Å². The number of hydrogen-bond acceptors (Lipinski definition) is 7. The standard InChI is InChI=1S/CHCl3.7CH4O/c2-1(3)4;7*1-2/h1H;7*2H,1H3. The van der Waals surface area contributed by atoms with E-state index < -0.39 is 4.30 Å². The minimum atomic E-state index is -0.750. The van der Waals surface area contributed by atoms with Gasteiger partial charge in [0, 0.05) is 49.8 Å².